The number of hydrogen-bond acceptors (Lipinski definition) is 0. The van der Waals surface area contributed by atoms with Crippen molar-refractivity contribution < 1.29 is 8.78 Å². The molecule has 2 fully saturated rings. The minimum absolute atomic E-state index is 0.459. The van der Waals surface area contributed by atoms with Crippen LogP contribution >= 0.6 is 0 Å². The summed E-state index contributed by atoms with van der Waals surface area (Å²) in [4.78, 5) is 0. The Morgan fingerprint density at radius 1 is 0.727 bits per heavy atom. The molecule has 0 aliphatic heterocycles. The normalized spacial score (nSPS) is 26.4. The van der Waals surface area contributed by atoms with Crippen molar-refractivity contribution in [3.63, 3.8) is 0 Å². The fourth-order valence-corrected chi connectivity index (χ4v) is 6.56. The first-order chi connectivity index (χ1) is 15.7. The summed E-state index contributed by atoms with van der Waals surface area (Å²) in [5, 5.41) is 0. The Hall–Kier alpha value is -1.44. The number of allylic oxidation sites excluding steroid dienone is 3. The van der Waals surface area contributed by atoms with Gasteiger partial charge in [0, 0.05) is 0 Å². The summed E-state index contributed by atoms with van der Waals surface area (Å²) in [5.41, 5.74) is 10.7. The van der Waals surface area contributed by atoms with Crippen molar-refractivity contribution in [3.05, 3.63) is 57.2 Å². The molecule has 0 amide bonds. The SMILES string of the molecule is C/C(=C\C1CCC(CC=C(F)F)CC1)C1CCC(CCc2c(C)c(C)c(C)c(C)c2C)CC1. The second-order valence-corrected chi connectivity index (χ2v) is 11.3. The first-order valence-electron chi connectivity index (χ1n) is 13.4. The smallest absolute Gasteiger partial charge is 0.174 e. The molecule has 0 heterocycles. The van der Waals surface area contributed by atoms with E-state index in [1.165, 1.54) is 79.2 Å². The molecule has 2 saturated carbocycles. The first kappa shape index (κ1) is 26.2. The lowest BCUT2D eigenvalue weighted by Crippen LogP contribution is -2.18. The van der Waals surface area contributed by atoms with Gasteiger partial charge in [0.05, 0.1) is 0 Å². The van der Waals surface area contributed by atoms with Gasteiger partial charge < -0.3 is 0 Å². The third-order valence-corrected chi connectivity index (χ3v) is 9.44. The summed E-state index contributed by atoms with van der Waals surface area (Å²) in [6.45, 7) is 13.8. The molecular formula is C31H46F2. The standard InChI is InChI=1S/C31H46F2/c1-20(19-28-9-7-26(8-10-28)14-18-31(32)33)29-15-11-27(12-16-29)13-17-30-24(5)22(3)21(2)23(4)25(30)6/h18-19,26-29H,7-17H2,1-6H3/b20-19+. The highest BCUT2D eigenvalue weighted by atomic mass is 19.3. The van der Waals surface area contributed by atoms with E-state index in [-0.39, 0.29) is 0 Å². The molecular weight excluding hydrogens is 410 g/mol. The Morgan fingerprint density at radius 3 is 1.79 bits per heavy atom. The number of hydrogen-bond donors (Lipinski definition) is 0. The second-order valence-electron chi connectivity index (χ2n) is 11.3. The van der Waals surface area contributed by atoms with Crippen molar-refractivity contribution in [1.82, 2.24) is 0 Å². The monoisotopic (exact) mass is 456 g/mol. The van der Waals surface area contributed by atoms with Crippen molar-refractivity contribution in [2.45, 2.75) is 112 Å². The van der Waals surface area contributed by atoms with Crippen LogP contribution in [0.2, 0.25) is 0 Å². The van der Waals surface area contributed by atoms with E-state index in [0.29, 0.717) is 18.3 Å². The molecule has 0 radical (unpaired) electrons. The molecule has 2 aliphatic rings. The predicted octanol–water partition coefficient (Wildman–Crippen LogP) is 9.89. The Morgan fingerprint density at radius 2 is 1.24 bits per heavy atom. The highest BCUT2D eigenvalue weighted by molar-refractivity contribution is 5.49. The summed E-state index contributed by atoms with van der Waals surface area (Å²) in [6.07, 6.45) is 15.2. The maximum Gasteiger partial charge on any atom is 0.266 e. The summed E-state index contributed by atoms with van der Waals surface area (Å²) in [7, 11) is 0. The van der Waals surface area contributed by atoms with Gasteiger partial charge in [-0.1, -0.05) is 11.6 Å². The van der Waals surface area contributed by atoms with Gasteiger partial charge in [-0.15, -0.1) is 0 Å². The summed E-state index contributed by atoms with van der Waals surface area (Å²) >= 11 is 0. The molecule has 33 heavy (non-hydrogen) atoms. The van der Waals surface area contributed by atoms with Crippen molar-refractivity contribution in [2.24, 2.45) is 23.7 Å². The molecule has 1 aromatic carbocycles. The lowest BCUT2D eigenvalue weighted by atomic mass is 9.74. The predicted molar refractivity (Wildman–Crippen MR) is 138 cm³/mol. The van der Waals surface area contributed by atoms with Crippen LogP contribution in [0.5, 0.6) is 0 Å². The first-order valence-corrected chi connectivity index (χ1v) is 13.4. The molecule has 0 spiro atoms. The number of halogens is 2. The molecule has 0 saturated heterocycles. The van der Waals surface area contributed by atoms with Crippen LogP contribution in [0.3, 0.4) is 0 Å². The van der Waals surface area contributed by atoms with Crippen LogP contribution in [-0.2, 0) is 6.42 Å². The van der Waals surface area contributed by atoms with Gasteiger partial charge in [0.25, 0.3) is 6.08 Å². The zero-order valence-corrected chi connectivity index (χ0v) is 22.0. The summed E-state index contributed by atoms with van der Waals surface area (Å²) < 4.78 is 24.7. The van der Waals surface area contributed by atoms with Crippen molar-refractivity contribution in [2.75, 3.05) is 0 Å². The summed E-state index contributed by atoms with van der Waals surface area (Å²) in [6, 6.07) is 0. The molecule has 0 atom stereocenters. The molecule has 0 bridgehead atoms. The van der Waals surface area contributed by atoms with Crippen LogP contribution in [0.1, 0.15) is 105 Å². The maximum absolute atomic E-state index is 12.3. The van der Waals surface area contributed by atoms with Gasteiger partial charge in [-0.3, -0.25) is 0 Å². The van der Waals surface area contributed by atoms with E-state index < -0.39 is 6.08 Å². The van der Waals surface area contributed by atoms with Crippen molar-refractivity contribution in [1.29, 1.82) is 0 Å². The molecule has 2 heteroatoms. The lowest BCUT2D eigenvalue weighted by Gasteiger charge is -2.31. The fourth-order valence-electron chi connectivity index (χ4n) is 6.56. The largest absolute Gasteiger partial charge is 0.266 e. The average Bonchev–Trinajstić information content (AvgIpc) is 2.81. The quantitative estimate of drug-likeness (QED) is 0.358. The van der Waals surface area contributed by atoms with E-state index in [9.17, 15) is 8.78 Å². The van der Waals surface area contributed by atoms with Crippen molar-refractivity contribution >= 4 is 0 Å². The molecule has 3 rings (SSSR count). The Bertz CT molecular complexity index is 826. The average molecular weight is 457 g/mol. The molecule has 184 valence electrons. The minimum atomic E-state index is -1.52. The molecule has 0 nitrogen and oxygen atoms in total. The molecule has 1 aromatic rings. The van der Waals surface area contributed by atoms with Gasteiger partial charge in [-0.25, -0.2) is 0 Å². The van der Waals surface area contributed by atoms with Crippen LogP contribution in [0.4, 0.5) is 8.78 Å². The Balaban J connectivity index is 1.46. The van der Waals surface area contributed by atoms with Crippen LogP contribution in [-0.4, -0.2) is 0 Å². The number of benzene rings is 1. The molecule has 0 unspecified atom stereocenters. The van der Waals surface area contributed by atoms with Crippen molar-refractivity contribution in [3.8, 4) is 0 Å². The van der Waals surface area contributed by atoms with Gasteiger partial charge >= 0.3 is 0 Å². The summed E-state index contributed by atoms with van der Waals surface area (Å²) in [5.74, 6) is 2.75. The zero-order chi connectivity index (χ0) is 24.1. The highest BCUT2D eigenvalue weighted by Crippen LogP contribution is 2.39. The second kappa shape index (κ2) is 11.8. The van der Waals surface area contributed by atoms with E-state index in [0.717, 1.165) is 30.8 Å². The van der Waals surface area contributed by atoms with Gasteiger partial charge in [-0.05, 0) is 175 Å². The topological polar surface area (TPSA) is 0 Å². The highest BCUT2D eigenvalue weighted by Gasteiger charge is 2.25. The van der Waals surface area contributed by atoms with Gasteiger partial charge in [0.15, 0.2) is 0 Å². The van der Waals surface area contributed by atoms with E-state index in [4.69, 9.17) is 0 Å². The van der Waals surface area contributed by atoms with Gasteiger partial charge in [0.2, 0.25) is 0 Å². The molecule has 2 aliphatic carbocycles. The Labute approximate surface area is 201 Å². The third-order valence-electron chi connectivity index (χ3n) is 9.44. The van der Waals surface area contributed by atoms with Crippen LogP contribution in [0, 0.1) is 58.3 Å². The third kappa shape index (κ3) is 6.80. The van der Waals surface area contributed by atoms with Crippen LogP contribution in [0.25, 0.3) is 0 Å². The van der Waals surface area contributed by atoms with E-state index >= 15 is 0 Å². The maximum atomic E-state index is 12.3. The zero-order valence-electron chi connectivity index (χ0n) is 22.0. The number of rotatable bonds is 7. The van der Waals surface area contributed by atoms with Crippen LogP contribution in [0.15, 0.2) is 23.8 Å². The van der Waals surface area contributed by atoms with Crippen LogP contribution < -0.4 is 0 Å². The van der Waals surface area contributed by atoms with Gasteiger partial charge in [0.1, 0.15) is 0 Å². The van der Waals surface area contributed by atoms with E-state index in [1.54, 1.807) is 11.1 Å². The molecule has 0 aromatic heterocycles. The van der Waals surface area contributed by atoms with E-state index in [1.807, 2.05) is 0 Å². The molecule has 0 N–H and O–H groups in total. The Kier molecular flexibility index (Phi) is 9.36. The minimum Gasteiger partial charge on any atom is -0.174 e. The lowest BCUT2D eigenvalue weighted by molar-refractivity contribution is 0.282. The fraction of sp³-hybridized carbons (Fsp3) is 0.677. The van der Waals surface area contributed by atoms with E-state index in [2.05, 4.69) is 47.6 Å². The van der Waals surface area contributed by atoms with Gasteiger partial charge in [-0.2, -0.15) is 8.78 Å².